The van der Waals surface area contributed by atoms with Crippen molar-refractivity contribution in [2.75, 3.05) is 19.6 Å². The van der Waals surface area contributed by atoms with Crippen LogP contribution in [0.4, 0.5) is 4.79 Å². The predicted octanol–water partition coefficient (Wildman–Crippen LogP) is 3.56. The lowest BCUT2D eigenvalue weighted by molar-refractivity contribution is 0.0250. The van der Waals surface area contributed by atoms with E-state index in [2.05, 4.69) is 12.2 Å². The van der Waals surface area contributed by atoms with Crippen LogP contribution in [0.25, 0.3) is 0 Å². The first-order valence-corrected chi connectivity index (χ1v) is 8.13. The molecule has 20 heavy (non-hydrogen) atoms. The number of rotatable bonds is 6. The summed E-state index contributed by atoms with van der Waals surface area (Å²) in [5, 5.41) is 3.58. The molecule has 0 bridgehead atoms. The molecule has 118 valence electrons. The van der Waals surface area contributed by atoms with E-state index in [9.17, 15) is 4.79 Å². The second-order valence-electron chi connectivity index (χ2n) is 6.76. The van der Waals surface area contributed by atoms with E-state index in [4.69, 9.17) is 4.74 Å². The fraction of sp³-hybridized carbons (Fsp3) is 0.938. The van der Waals surface area contributed by atoms with Gasteiger partial charge in [0.15, 0.2) is 0 Å². The minimum atomic E-state index is -0.417. The molecule has 0 unspecified atom stereocenters. The summed E-state index contributed by atoms with van der Waals surface area (Å²) in [5.74, 6) is 0. The number of hydrogen-bond donors (Lipinski definition) is 1. The highest BCUT2D eigenvalue weighted by atomic mass is 16.6. The SMILES string of the molecule is CCCN(CCNC1CCCCC1)C(=O)OC(C)(C)C. The van der Waals surface area contributed by atoms with Crippen LogP contribution in [0.5, 0.6) is 0 Å². The van der Waals surface area contributed by atoms with Crippen molar-refractivity contribution < 1.29 is 9.53 Å². The zero-order chi connectivity index (χ0) is 15.0. The van der Waals surface area contributed by atoms with Crippen LogP contribution in [0.3, 0.4) is 0 Å². The van der Waals surface area contributed by atoms with Crippen molar-refractivity contribution >= 4 is 6.09 Å². The Bertz CT molecular complexity index is 281. The lowest BCUT2D eigenvalue weighted by Crippen LogP contribution is -2.43. The van der Waals surface area contributed by atoms with E-state index in [-0.39, 0.29) is 6.09 Å². The molecule has 0 aromatic carbocycles. The van der Waals surface area contributed by atoms with Gasteiger partial charge in [0.1, 0.15) is 5.60 Å². The Balaban J connectivity index is 2.32. The van der Waals surface area contributed by atoms with Gasteiger partial charge in [-0.15, -0.1) is 0 Å². The van der Waals surface area contributed by atoms with E-state index < -0.39 is 5.60 Å². The molecule has 0 spiro atoms. The Morgan fingerprint density at radius 1 is 1.20 bits per heavy atom. The average Bonchev–Trinajstić information content (AvgIpc) is 2.37. The predicted molar refractivity (Wildman–Crippen MR) is 83.0 cm³/mol. The minimum absolute atomic E-state index is 0.190. The maximum Gasteiger partial charge on any atom is 0.410 e. The highest BCUT2D eigenvalue weighted by Gasteiger charge is 2.21. The second kappa shape index (κ2) is 8.50. The largest absolute Gasteiger partial charge is 0.444 e. The number of hydrogen-bond acceptors (Lipinski definition) is 3. The van der Waals surface area contributed by atoms with Crippen molar-refractivity contribution in [2.24, 2.45) is 0 Å². The van der Waals surface area contributed by atoms with Gasteiger partial charge < -0.3 is 15.0 Å². The summed E-state index contributed by atoms with van der Waals surface area (Å²) in [6, 6.07) is 0.644. The zero-order valence-electron chi connectivity index (χ0n) is 13.7. The standard InChI is InChI=1S/C16H32N2O2/c1-5-12-18(15(19)20-16(2,3)4)13-11-17-14-9-7-6-8-10-14/h14,17H,5-13H2,1-4H3. The van der Waals surface area contributed by atoms with E-state index >= 15 is 0 Å². The molecule has 1 amide bonds. The number of ether oxygens (including phenoxy) is 1. The number of nitrogens with one attached hydrogen (secondary N) is 1. The fourth-order valence-electron chi connectivity index (χ4n) is 2.60. The van der Waals surface area contributed by atoms with Gasteiger partial charge in [-0.05, 0) is 40.0 Å². The maximum atomic E-state index is 12.1. The molecule has 1 rings (SSSR count). The lowest BCUT2D eigenvalue weighted by Gasteiger charge is -2.28. The van der Waals surface area contributed by atoms with Gasteiger partial charge >= 0.3 is 6.09 Å². The van der Waals surface area contributed by atoms with Gasteiger partial charge in [-0.25, -0.2) is 4.79 Å². The molecule has 1 aliphatic rings. The van der Waals surface area contributed by atoms with Crippen molar-refractivity contribution in [3.63, 3.8) is 0 Å². The van der Waals surface area contributed by atoms with Crippen LogP contribution in [-0.4, -0.2) is 42.3 Å². The first-order chi connectivity index (χ1) is 9.42. The van der Waals surface area contributed by atoms with Crippen LogP contribution in [0.15, 0.2) is 0 Å². The Hall–Kier alpha value is -0.770. The molecule has 0 radical (unpaired) electrons. The Labute approximate surface area is 124 Å². The monoisotopic (exact) mass is 284 g/mol. The van der Waals surface area contributed by atoms with Crippen LogP contribution >= 0.6 is 0 Å². The smallest absolute Gasteiger partial charge is 0.410 e. The topological polar surface area (TPSA) is 41.6 Å². The Kier molecular flexibility index (Phi) is 7.35. The fourth-order valence-corrected chi connectivity index (χ4v) is 2.60. The number of amides is 1. The quantitative estimate of drug-likeness (QED) is 0.811. The summed E-state index contributed by atoms with van der Waals surface area (Å²) in [6.07, 6.45) is 7.37. The highest BCUT2D eigenvalue weighted by molar-refractivity contribution is 5.68. The van der Waals surface area contributed by atoms with Crippen LogP contribution in [0.1, 0.15) is 66.2 Å². The summed E-state index contributed by atoms with van der Waals surface area (Å²) in [6.45, 7) is 10.2. The number of nitrogens with zero attached hydrogens (tertiary/aromatic N) is 1. The average molecular weight is 284 g/mol. The molecule has 0 atom stereocenters. The molecule has 1 N–H and O–H groups in total. The first-order valence-electron chi connectivity index (χ1n) is 8.13. The van der Waals surface area contributed by atoms with Crippen LogP contribution in [0, 0.1) is 0 Å². The van der Waals surface area contributed by atoms with Gasteiger partial charge in [-0.3, -0.25) is 0 Å². The molecule has 4 nitrogen and oxygen atoms in total. The molecule has 0 aromatic rings. The molecule has 1 saturated carbocycles. The van der Waals surface area contributed by atoms with Crippen molar-refractivity contribution in [2.45, 2.75) is 77.9 Å². The summed E-state index contributed by atoms with van der Waals surface area (Å²) in [4.78, 5) is 13.9. The molecule has 0 heterocycles. The molecular weight excluding hydrogens is 252 g/mol. The van der Waals surface area contributed by atoms with Crippen LogP contribution < -0.4 is 5.32 Å². The lowest BCUT2D eigenvalue weighted by atomic mass is 9.95. The van der Waals surface area contributed by atoms with Crippen LogP contribution in [0.2, 0.25) is 0 Å². The highest BCUT2D eigenvalue weighted by Crippen LogP contribution is 2.17. The molecular formula is C16H32N2O2. The maximum absolute atomic E-state index is 12.1. The van der Waals surface area contributed by atoms with Crippen molar-refractivity contribution in [3.05, 3.63) is 0 Å². The van der Waals surface area contributed by atoms with Gasteiger partial charge in [-0.1, -0.05) is 26.2 Å². The second-order valence-corrected chi connectivity index (χ2v) is 6.76. The molecule has 1 fully saturated rings. The van der Waals surface area contributed by atoms with Crippen molar-refractivity contribution in [3.8, 4) is 0 Å². The third-order valence-electron chi connectivity index (χ3n) is 3.57. The van der Waals surface area contributed by atoms with E-state index in [1.807, 2.05) is 25.7 Å². The van der Waals surface area contributed by atoms with E-state index in [0.29, 0.717) is 6.04 Å². The number of carbonyl (C=O) groups is 1. The zero-order valence-corrected chi connectivity index (χ0v) is 13.7. The summed E-state index contributed by atoms with van der Waals surface area (Å²) < 4.78 is 5.45. The molecule has 4 heteroatoms. The van der Waals surface area contributed by atoms with Crippen LogP contribution in [-0.2, 0) is 4.74 Å². The summed E-state index contributed by atoms with van der Waals surface area (Å²) >= 11 is 0. The Morgan fingerprint density at radius 2 is 1.85 bits per heavy atom. The third kappa shape index (κ3) is 7.13. The first kappa shape index (κ1) is 17.3. The normalized spacial score (nSPS) is 17.0. The van der Waals surface area contributed by atoms with Gasteiger partial charge in [0, 0.05) is 25.7 Å². The van der Waals surface area contributed by atoms with Gasteiger partial charge in [0.05, 0.1) is 0 Å². The van der Waals surface area contributed by atoms with E-state index in [1.165, 1.54) is 32.1 Å². The third-order valence-corrected chi connectivity index (χ3v) is 3.57. The molecule has 0 saturated heterocycles. The summed E-state index contributed by atoms with van der Waals surface area (Å²) in [5.41, 5.74) is -0.417. The van der Waals surface area contributed by atoms with Gasteiger partial charge in [0.25, 0.3) is 0 Å². The van der Waals surface area contributed by atoms with Crippen molar-refractivity contribution in [1.29, 1.82) is 0 Å². The molecule has 0 aliphatic heterocycles. The molecule has 1 aliphatic carbocycles. The number of carbonyl (C=O) groups excluding carboxylic acids is 1. The molecule has 0 aromatic heterocycles. The van der Waals surface area contributed by atoms with Gasteiger partial charge in [-0.2, -0.15) is 0 Å². The van der Waals surface area contributed by atoms with Gasteiger partial charge in [0.2, 0.25) is 0 Å². The summed E-state index contributed by atoms with van der Waals surface area (Å²) in [7, 11) is 0. The Morgan fingerprint density at radius 3 is 2.40 bits per heavy atom. The van der Waals surface area contributed by atoms with Crippen molar-refractivity contribution in [1.82, 2.24) is 10.2 Å². The van der Waals surface area contributed by atoms with E-state index in [1.54, 1.807) is 0 Å². The van der Waals surface area contributed by atoms with E-state index in [0.717, 1.165) is 26.1 Å². The minimum Gasteiger partial charge on any atom is -0.444 e.